The summed E-state index contributed by atoms with van der Waals surface area (Å²) in [6.07, 6.45) is 0.117. The molecule has 0 aliphatic carbocycles. The van der Waals surface area contributed by atoms with Crippen LogP contribution < -0.4 is 0 Å². The molecule has 0 aromatic carbocycles. The summed E-state index contributed by atoms with van der Waals surface area (Å²) >= 11 is 0. The van der Waals surface area contributed by atoms with Crippen LogP contribution in [-0.4, -0.2) is 30.9 Å². The zero-order chi connectivity index (χ0) is 11.8. The van der Waals surface area contributed by atoms with E-state index in [4.69, 9.17) is 9.15 Å². The van der Waals surface area contributed by atoms with Crippen molar-refractivity contribution in [2.45, 2.75) is 25.0 Å². The van der Waals surface area contributed by atoms with Gasteiger partial charge in [0.1, 0.15) is 11.4 Å². The maximum absolute atomic E-state index is 11.2. The smallest absolute Gasteiger partial charge is 0.373 e. The van der Waals surface area contributed by atoms with Crippen molar-refractivity contribution in [3.8, 4) is 0 Å². The molecule has 1 fully saturated rings. The Kier molecular flexibility index (Phi) is 2.73. The first-order valence-electron chi connectivity index (χ1n) is 5.10. The predicted molar refractivity (Wildman–Crippen MR) is 54.0 cm³/mol. The Morgan fingerprint density at radius 1 is 1.62 bits per heavy atom. The van der Waals surface area contributed by atoms with Gasteiger partial charge >= 0.3 is 5.97 Å². The summed E-state index contributed by atoms with van der Waals surface area (Å²) in [5.74, 6) is -0.121. The van der Waals surface area contributed by atoms with Gasteiger partial charge < -0.3 is 19.0 Å². The minimum Gasteiger partial charge on any atom is -0.463 e. The Morgan fingerprint density at radius 2 is 2.38 bits per heavy atom. The molecule has 1 aromatic heterocycles. The molecule has 2 heterocycles. The first-order valence-corrected chi connectivity index (χ1v) is 5.10. The van der Waals surface area contributed by atoms with Gasteiger partial charge in [0.25, 0.3) is 0 Å². The number of furan rings is 1. The molecular weight excluding hydrogens is 212 g/mol. The molecule has 5 nitrogen and oxygen atoms in total. The van der Waals surface area contributed by atoms with Crippen molar-refractivity contribution in [1.29, 1.82) is 0 Å². The predicted octanol–water partition coefficient (Wildman–Crippen LogP) is 1.06. The maximum atomic E-state index is 11.2. The lowest BCUT2D eigenvalue weighted by atomic mass is 9.94. The molecular formula is C11H14O5. The zero-order valence-corrected chi connectivity index (χ0v) is 9.23. The fourth-order valence-corrected chi connectivity index (χ4v) is 1.84. The fourth-order valence-electron chi connectivity index (χ4n) is 1.84. The monoisotopic (exact) mass is 226 g/mol. The van der Waals surface area contributed by atoms with Crippen molar-refractivity contribution >= 4 is 5.97 Å². The van der Waals surface area contributed by atoms with Gasteiger partial charge in [0.2, 0.25) is 5.76 Å². The first kappa shape index (κ1) is 11.2. The normalized spacial score (nSPS) is 29.3. The number of hydrogen-bond acceptors (Lipinski definition) is 5. The second-order valence-corrected chi connectivity index (χ2v) is 3.84. The summed E-state index contributed by atoms with van der Waals surface area (Å²) in [5, 5.41) is 10.3. The van der Waals surface area contributed by atoms with Crippen LogP contribution >= 0.6 is 0 Å². The topological polar surface area (TPSA) is 68.9 Å². The molecule has 2 rings (SSSR count). The van der Waals surface area contributed by atoms with Gasteiger partial charge in [-0.15, -0.1) is 0 Å². The molecule has 88 valence electrons. The van der Waals surface area contributed by atoms with Gasteiger partial charge in [0, 0.05) is 6.42 Å². The van der Waals surface area contributed by atoms with Crippen LogP contribution in [-0.2, 0) is 15.1 Å². The lowest BCUT2D eigenvalue weighted by Gasteiger charge is -2.23. The van der Waals surface area contributed by atoms with Crippen molar-refractivity contribution in [2.75, 3.05) is 13.7 Å². The molecule has 0 bridgehead atoms. The molecule has 1 aliphatic rings. The highest BCUT2D eigenvalue weighted by Crippen LogP contribution is 2.36. The van der Waals surface area contributed by atoms with Crippen LogP contribution in [0.25, 0.3) is 0 Å². The largest absolute Gasteiger partial charge is 0.463 e. The van der Waals surface area contributed by atoms with Crippen molar-refractivity contribution in [1.82, 2.24) is 0 Å². The van der Waals surface area contributed by atoms with E-state index in [1.165, 1.54) is 13.2 Å². The molecule has 0 amide bonds. The van der Waals surface area contributed by atoms with Crippen LogP contribution in [0.15, 0.2) is 16.5 Å². The molecule has 1 aliphatic heterocycles. The van der Waals surface area contributed by atoms with Gasteiger partial charge in [-0.25, -0.2) is 4.79 Å². The SMILES string of the molecule is COC(=O)c1ccc(C2(O)CCOC2C)o1. The number of carbonyl (C=O) groups excluding carboxylic acids is 1. The number of ether oxygens (including phenoxy) is 2. The zero-order valence-electron chi connectivity index (χ0n) is 9.23. The van der Waals surface area contributed by atoms with E-state index in [0.717, 1.165) is 0 Å². The van der Waals surface area contributed by atoms with Gasteiger partial charge in [0.05, 0.1) is 19.8 Å². The summed E-state index contributed by atoms with van der Waals surface area (Å²) in [4.78, 5) is 11.2. The Hall–Kier alpha value is -1.33. The number of carbonyl (C=O) groups is 1. The quantitative estimate of drug-likeness (QED) is 0.764. The molecule has 1 aromatic rings. The van der Waals surface area contributed by atoms with E-state index >= 15 is 0 Å². The molecule has 2 unspecified atom stereocenters. The molecule has 1 saturated heterocycles. The van der Waals surface area contributed by atoms with Gasteiger partial charge in [-0.3, -0.25) is 0 Å². The van der Waals surface area contributed by atoms with Gasteiger partial charge in [-0.05, 0) is 19.1 Å². The summed E-state index contributed by atoms with van der Waals surface area (Å²) < 4.78 is 15.1. The van der Waals surface area contributed by atoms with E-state index in [-0.39, 0.29) is 11.9 Å². The van der Waals surface area contributed by atoms with Crippen LogP contribution in [0.3, 0.4) is 0 Å². The van der Waals surface area contributed by atoms with Crippen molar-refractivity contribution in [3.63, 3.8) is 0 Å². The molecule has 1 N–H and O–H groups in total. The second kappa shape index (κ2) is 3.92. The van der Waals surface area contributed by atoms with Crippen LogP contribution in [0.5, 0.6) is 0 Å². The third kappa shape index (κ3) is 1.62. The van der Waals surface area contributed by atoms with Crippen LogP contribution in [0.2, 0.25) is 0 Å². The lowest BCUT2D eigenvalue weighted by molar-refractivity contribution is -0.0467. The molecule has 2 atom stereocenters. The standard InChI is InChI=1S/C11H14O5/c1-7-11(13,5-6-15-7)9-4-3-8(16-9)10(12)14-2/h3-4,7,13H,5-6H2,1-2H3. The van der Waals surface area contributed by atoms with Crippen molar-refractivity contribution < 1.29 is 23.8 Å². The van der Waals surface area contributed by atoms with E-state index in [0.29, 0.717) is 18.8 Å². The summed E-state index contributed by atoms with van der Waals surface area (Å²) in [7, 11) is 1.28. The van der Waals surface area contributed by atoms with E-state index in [1.54, 1.807) is 13.0 Å². The number of methoxy groups -OCH3 is 1. The van der Waals surface area contributed by atoms with Crippen LogP contribution in [0.1, 0.15) is 29.7 Å². The Labute approximate surface area is 93.0 Å². The second-order valence-electron chi connectivity index (χ2n) is 3.84. The summed E-state index contributed by atoms with van der Waals surface area (Å²) in [6, 6.07) is 3.07. The number of hydrogen-bond donors (Lipinski definition) is 1. The summed E-state index contributed by atoms with van der Waals surface area (Å²) in [6.45, 7) is 2.25. The minimum absolute atomic E-state index is 0.0880. The fraction of sp³-hybridized carbons (Fsp3) is 0.545. The highest BCUT2D eigenvalue weighted by Gasteiger charge is 2.44. The highest BCUT2D eigenvalue weighted by molar-refractivity contribution is 5.86. The number of esters is 1. The average Bonchev–Trinajstić information content (AvgIpc) is 2.87. The highest BCUT2D eigenvalue weighted by atomic mass is 16.5. The van der Waals surface area contributed by atoms with Crippen molar-refractivity contribution in [3.05, 3.63) is 23.7 Å². The number of aliphatic hydroxyl groups is 1. The molecule has 0 saturated carbocycles. The summed E-state index contributed by atoms with van der Waals surface area (Å²) in [5.41, 5.74) is -1.15. The Morgan fingerprint density at radius 3 is 2.94 bits per heavy atom. The molecule has 16 heavy (non-hydrogen) atoms. The van der Waals surface area contributed by atoms with Crippen LogP contribution in [0, 0.1) is 0 Å². The third-order valence-corrected chi connectivity index (χ3v) is 2.94. The van der Waals surface area contributed by atoms with Gasteiger partial charge in [-0.2, -0.15) is 0 Å². The van der Waals surface area contributed by atoms with E-state index in [9.17, 15) is 9.90 Å². The van der Waals surface area contributed by atoms with E-state index in [2.05, 4.69) is 4.74 Å². The maximum Gasteiger partial charge on any atom is 0.373 e. The third-order valence-electron chi connectivity index (χ3n) is 2.94. The average molecular weight is 226 g/mol. The van der Waals surface area contributed by atoms with E-state index < -0.39 is 11.6 Å². The van der Waals surface area contributed by atoms with Crippen molar-refractivity contribution in [2.24, 2.45) is 0 Å². The Bertz CT molecular complexity index is 397. The molecule has 0 spiro atoms. The first-order chi connectivity index (χ1) is 7.58. The minimum atomic E-state index is -1.15. The lowest BCUT2D eigenvalue weighted by Crippen LogP contribution is -2.32. The van der Waals surface area contributed by atoms with E-state index in [1.807, 2.05) is 0 Å². The molecule has 0 radical (unpaired) electrons. The Balaban J connectivity index is 2.28. The number of rotatable bonds is 2. The van der Waals surface area contributed by atoms with Crippen LogP contribution in [0.4, 0.5) is 0 Å². The molecule has 5 heteroatoms. The van der Waals surface area contributed by atoms with Gasteiger partial charge in [0.15, 0.2) is 0 Å². The van der Waals surface area contributed by atoms with Gasteiger partial charge in [-0.1, -0.05) is 0 Å².